The lowest BCUT2D eigenvalue weighted by Crippen LogP contribution is -2.08. The molecule has 0 unspecified atom stereocenters. The van der Waals surface area contributed by atoms with Gasteiger partial charge in [-0.3, -0.25) is 4.98 Å². The molecule has 77 valence electrons. The van der Waals surface area contributed by atoms with Crippen molar-refractivity contribution in [1.29, 1.82) is 0 Å². The fourth-order valence-corrected chi connectivity index (χ4v) is 1.16. The zero-order chi connectivity index (χ0) is 11.1. The third kappa shape index (κ3) is 1.74. The molecule has 2 aromatic rings. The molecule has 0 aliphatic heterocycles. The Bertz CT molecular complexity index is 507. The first-order chi connectivity index (χ1) is 6.98. The summed E-state index contributed by atoms with van der Waals surface area (Å²) in [4.78, 5) is 7.18. The SMILES string of the molecule is Fc1cc2nc[c]nc2cc1C(F)(F)F. The maximum atomic E-state index is 13.0. The van der Waals surface area contributed by atoms with Gasteiger partial charge in [-0.25, -0.2) is 9.37 Å². The number of halogens is 4. The Hall–Kier alpha value is -1.72. The second-order valence-electron chi connectivity index (χ2n) is 2.82. The van der Waals surface area contributed by atoms with E-state index in [4.69, 9.17) is 0 Å². The van der Waals surface area contributed by atoms with Crippen LogP contribution < -0.4 is 0 Å². The summed E-state index contributed by atoms with van der Waals surface area (Å²) >= 11 is 0. The van der Waals surface area contributed by atoms with E-state index in [-0.39, 0.29) is 11.0 Å². The number of rotatable bonds is 0. The third-order valence-electron chi connectivity index (χ3n) is 1.82. The van der Waals surface area contributed by atoms with Gasteiger partial charge in [-0.2, -0.15) is 13.2 Å². The van der Waals surface area contributed by atoms with Gasteiger partial charge in [0.1, 0.15) is 12.0 Å². The van der Waals surface area contributed by atoms with Crippen LogP contribution in [0.5, 0.6) is 0 Å². The molecular weight excluding hydrogens is 212 g/mol. The second kappa shape index (κ2) is 3.15. The minimum atomic E-state index is -4.73. The van der Waals surface area contributed by atoms with Crippen molar-refractivity contribution < 1.29 is 17.6 Å². The van der Waals surface area contributed by atoms with Crippen molar-refractivity contribution in [2.24, 2.45) is 0 Å². The first-order valence-electron chi connectivity index (χ1n) is 3.88. The van der Waals surface area contributed by atoms with Crippen LogP contribution in [0.4, 0.5) is 17.6 Å². The molecule has 0 N–H and O–H groups in total. The van der Waals surface area contributed by atoms with Crippen molar-refractivity contribution in [2.45, 2.75) is 6.18 Å². The van der Waals surface area contributed by atoms with Gasteiger partial charge >= 0.3 is 6.18 Å². The average molecular weight is 215 g/mol. The fraction of sp³-hybridized carbons (Fsp3) is 0.111. The van der Waals surface area contributed by atoms with E-state index in [9.17, 15) is 17.6 Å². The monoisotopic (exact) mass is 215 g/mol. The zero-order valence-electron chi connectivity index (χ0n) is 7.14. The Kier molecular flexibility index (Phi) is 2.06. The van der Waals surface area contributed by atoms with Crippen molar-refractivity contribution in [3.05, 3.63) is 35.9 Å². The van der Waals surface area contributed by atoms with E-state index in [0.717, 1.165) is 6.20 Å². The molecule has 1 aromatic carbocycles. The summed E-state index contributed by atoms with van der Waals surface area (Å²) in [5, 5.41) is 0. The van der Waals surface area contributed by atoms with Crippen LogP contribution >= 0.6 is 0 Å². The number of fused-ring (bicyclic) bond motifs is 1. The lowest BCUT2D eigenvalue weighted by atomic mass is 10.1. The molecule has 2 rings (SSSR count). The summed E-state index contributed by atoms with van der Waals surface area (Å²) in [6.07, 6.45) is -1.28. The van der Waals surface area contributed by atoms with Gasteiger partial charge in [-0.15, -0.1) is 0 Å². The van der Waals surface area contributed by atoms with E-state index in [1.54, 1.807) is 0 Å². The standard InChI is InChI=1S/C9H3F4N2/c10-6-4-8-7(14-1-2-15-8)3-5(6)9(11,12)13/h2-4H. The molecule has 1 aromatic heterocycles. The summed E-state index contributed by atoms with van der Waals surface area (Å²) in [7, 11) is 0. The molecule has 0 amide bonds. The predicted molar refractivity (Wildman–Crippen MR) is 43.3 cm³/mol. The molecule has 0 aliphatic carbocycles. The van der Waals surface area contributed by atoms with Gasteiger partial charge in [-0.05, 0) is 6.07 Å². The van der Waals surface area contributed by atoms with Crippen LogP contribution in [0.3, 0.4) is 0 Å². The van der Waals surface area contributed by atoms with E-state index in [2.05, 4.69) is 16.2 Å². The van der Waals surface area contributed by atoms with Crippen molar-refractivity contribution in [3.8, 4) is 0 Å². The van der Waals surface area contributed by atoms with Crippen LogP contribution in [-0.2, 0) is 6.18 Å². The Labute approximate surface area is 81.6 Å². The van der Waals surface area contributed by atoms with Crippen LogP contribution in [0.1, 0.15) is 5.56 Å². The number of nitrogens with zero attached hydrogens (tertiary/aromatic N) is 2. The van der Waals surface area contributed by atoms with Gasteiger partial charge in [0.25, 0.3) is 0 Å². The highest BCUT2D eigenvalue weighted by atomic mass is 19.4. The smallest absolute Gasteiger partial charge is 0.252 e. The first kappa shape index (κ1) is 9.82. The molecule has 1 radical (unpaired) electrons. The molecule has 0 spiro atoms. The summed E-state index contributed by atoms with van der Waals surface area (Å²) in [5.41, 5.74) is -1.31. The minimum absolute atomic E-state index is 0.0359. The van der Waals surface area contributed by atoms with E-state index >= 15 is 0 Å². The molecule has 1 heterocycles. The van der Waals surface area contributed by atoms with Crippen molar-refractivity contribution >= 4 is 11.0 Å². The van der Waals surface area contributed by atoms with Crippen molar-refractivity contribution in [2.75, 3.05) is 0 Å². The van der Waals surface area contributed by atoms with E-state index < -0.39 is 17.6 Å². The lowest BCUT2D eigenvalue weighted by Gasteiger charge is -2.07. The Balaban J connectivity index is 2.73. The topological polar surface area (TPSA) is 25.8 Å². The van der Waals surface area contributed by atoms with Gasteiger partial charge in [0.05, 0.1) is 22.8 Å². The van der Waals surface area contributed by atoms with Crippen molar-refractivity contribution in [1.82, 2.24) is 9.97 Å². The quantitative estimate of drug-likeness (QED) is 0.631. The average Bonchev–Trinajstić information content (AvgIpc) is 2.15. The largest absolute Gasteiger partial charge is 0.419 e. The van der Waals surface area contributed by atoms with Crippen LogP contribution in [-0.4, -0.2) is 9.97 Å². The maximum absolute atomic E-state index is 13.0. The van der Waals surface area contributed by atoms with Crippen LogP contribution in [0.15, 0.2) is 18.3 Å². The predicted octanol–water partition coefficient (Wildman–Crippen LogP) is 2.59. The zero-order valence-corrected chi connectivity index (χ0v) is 7.14. The normalized spacial score (nSPS) is 12.0. The molecule has 0 aliphatic rings. The van der Waals surface area contributed by atoms with Crippen LogP contribution in [0, 0.1) is 12.0 Å². The maximum Gasteiger partial charge on any atom is 0.419 e. The minimum Gasteiger partial charge on any atom is -0.252 e. The molecule has 6 heteroatoms. The van der Waals surface area contributed by atoms with Gasteiger partial charge in [-0.1, -0.05) is 0 Å². The highest BCUT2D eigenvalue weighted by Crippen LogP contribution is 2.32. The summed E-state index contributed by atoms with van der Waals surface area (Å²) in [5.74, 6) is -1.35. The Morgan fingerprint density at radius 1 is 1.13 bits per heavy atom. The number of benzene rings is 1. The molecule has 0 saturated carbocycles. The van der Waals surface area contributed by atoms with Gasteiger partial charge in [0.15, 0.2) is 0 Å². The molecule has 0 atom stereocenters. The number of alkyl halides is 3. The first-order valence-corrected chi connectivity index (χ1v) is 3.88. The fourth-order valence-electron chi connectivity index (χ4n) is 1.16. The number of aromatic nitrogens is 2. The third-order valence-corrected chi connectivity index (χ3v) is 1.82. The molecule has 0 bridgehead atoms. The Morgan fingerprint density at radius 2 is 1.87 bits per heavy atom. The highest BCUT2D eigenvalue weighted by molar-refractivity contribution is 5.74. The van der Waals surface area contributed by atoms with Crippen molar-refractivity contribution in [3.63, 3.8) is 0 Å². The molecule has 0 fully saturated rings. The van der Waals surface area contributed by atoms with Gasteiger partial charge < -0.3 is 0 Å². The Morgan fingerprint density at radius 3 is 2.53 bits per heavy atom. The molecular formula is C9H3F4N2. The lowest BCUT2D eigenvalue weighted by molar-refractivity contribution is -0.139. The number of hydrogen-bond acceptors (Lipinski definition) is 2. The van der Waals surface area contributed by atoms with E-state index in [1.807, 2.05) is 0 Å². The van der Waals surface area contributed by atoms with Gasteiger partial charge in [0.2, 0.25) is 0 Å². The summed E-state index contributed by atoms with van der Waals surface area (Å²) in [6.45, 7) is 0. The van der Waals surface area contributed by atoms with Crippen LogP contribution in [0.25, 0.3) is 11.0 Å². The van der Waals surface area contributed by atoms with Crippen LogP contribution in [0.2, 0.25) is 0 Å². The molecule has 15 heavy (non-hydrogen) atoms. The molecule has 0 saturated heterocycles. The molecule has 2 nitrogen and oxygen atoms in total. The van der Waals surface area contributed by atoms with E-state index in [1.165, 1.54) is 0 Å². The highest BCUT2D eigenvalue weighted by Gasteiger charge is 2.34. The summed E-state index contributed by atoms with van der Waals surface area (Å²) < 4.78 is 49.9. The van der Waals surface area contributed by atoms with E-state index in [0.29, 0.717) is 12.1 Å². The summed E-state index contributed by atoms with van der Waals surface area (Å²) in [6, 6.07) is 1.33. The number of hydrogen-bond donors (Lipinski definition) is 0. The second-order valence-corrected chi connectivity index (χ2v) is 2.82. The van der Waals surface area contributed by atoms with Gasteiger partial charge in [0, 0.05) is 6.07 Å².